The predicted octanol–water partition coefficient (Wildman–Crippen LogP) is 4.00. The molecule has 19 heavy (non-hydrogen) atoms. The molecule has 1 aromatic carbocycles. The number of nitrogens with two attached hydrogens (primary N) is 1. The first-order valence-corrected chi connectivity index (χ1v) is 6.93. The molecule has 0 atom stereocenters. The van der Waals surface area contributed by atoms with E-state index in [1.807, 2.05) is 24.3 Å². The van der Waals surface area contributed by atoms with E-state index in [1.165, 1.54) is 11.8 Å². The molecule has 3 rings (SSSR count). The Hall–Kier alpha value is -1.43. The Morgan fingerprint density at radius 2 is 1.84 bits per heavy atom. The van der Waals surface area contributed by atoms with Gasteiger partial charge in [0.2, 0.25) is 0 Å². The molecule has 4 nitrogen and oxygen atoms in total. The molecule has 0 amide bonds. The molecule has 0 aliphatic heterocycles. The molecular weight excluding hydrogens is 303 g/mol. The van der Waals surface area contributed by atoms with Crippen LogP contribution in [0.1, 0.15) is 0 Å². The van der Waals surface area contributed by atoms with Crippen LogP contribution in [0.15, 0.2) is 40.3 Å². The smallest absolute Gasteiger partial charge is 0.171 e. The van der Waals surface area contributed by atoms with E-state index in [1.54, 1.807) is 6.07 Å². The van der Waals surface area contributed by atoms with E-state index in [0.717, 1.165) is 15.4 Å². The topological polar surface area (TPSA) is 67.6 Å². The third-order valence-electron chi connectivity index (χ3n) is 2.47. The summed E-state index contributed by atoms with van der Waals surface area (Å²) in [7, 11) is 0. The molecule has 0 bridgehead atoms. The van der Waals surface area contributed by atoms with Crippen molar-refractivity contribution in [2.75, 3.05) is 5.73 Å². The number of nitrogens with one attached hydrogen (secondary N) is 1. The van der Waals surface area contributed by atoms with Crippen LogP contribution in [0.3, 0.4) is 0 Å². The van der Waals surface area contributed by atoms with Gasteiger partial charge in [0.15, 0.2) is 5.82 Å². The van der Waals surface area contributed by atoms with E-state index < -0.39 is 0 Å². The van der Waals surface area contributed by atoms with Gasteiger partial charge in [0.05, 0.1) is 5.52 Å². The summed E-state index contributed by atoms with van der Waals surface area (Å²) in [4.78, 5) is 5.37. The number of aromatic amines is 1. The zero-order chi connectivity index (χ0) is 13.4. The molecule has 2 aromatic heterocycles. The summed E-state index contributed by atoms with van der Waals surface area (Å²) in [6.07, 6.45) is 0. The van der Waals surface area contributed by atoms with Crippen LogP contribution in [0.2, 0.25) is 10.0 Å². The highest BCUT2D eigenvalue weighted by molar-refractivity contribution is 7.99. The van der Waals surface area contributed by atoms with Crippen molar-refractivity contribution < 1.29 is 0 Å². The van der Waals surface area contributed by atoms with Gasteiger partial charge in [-0.15, -0.1) is 0 Å². The molecule has 2 heterocycles. The third-order valence-corrected chi connectivity index (χ3v) is 3.81. The normalized spacial score (nSPS) is 11.1. The summed E-state index contributed by atoms with van der Waals surface area (Å²) in [6, 6.07) is 9.14. The molecule has 0 saturated heterocycles. The second-order valence-corrected chi connectivity index (χ2v) is 5.83. The zero-order valence-corrected chi connectivity index (χ0v) is 11.9. The minimum absolute atomic E-state index is 0.390. The Balaban J connectivity index is 1.98. The van der Waals surface area contributed by atoms with Crippen LogP contribution in [0.4, 0.5) is 5.82 Å². The van der Waals surface area contributed by atoms with Gasteiger partial charge >= 0.3 is 0 Å². The summed E-state index contributed by atoms with van der Waals surface area (Å²) in [5, 5.41) is 8.72. The first-order chi connectivity index (χ1) is 9.11. The number of anilines is 1. The Kier molecular flexibility index (Phi) is 3.26. The van der Waals surface area contributed by atoms with Gasteiger partial charge in [-0.05, 0) is 30.3 Å². The monoisotopic (exact) mass is 310 g/mol. The summed E-state index contributed by atoms with van der Waals surface area (Å²) in [5.74, 6) is 0.390. The van der Waals surface area contributed by atoms with Crippen LogP contribution in [-0.2, 0) is 0 Å². The molecule has 0 aliphatic rings. The maximum Gasteiger partial charge on any atom is 0.171 e. The molecule has 0 saturated carbocycles. The summed E-state index contributed by atoms with van der Waals surface area (Å²) in [5.41, 5.74) is 7.21. The van der Waals surface area contributed by atoms with Crippen LogP contribution in [-0.4, -0.2) is 15.2 Å². The number of aromatic nitrogens is 3. The maximum absolute atomic E-state index is 5.97. The largest absolute Gasteiger partial charge is 0.380 e. The van der Waals surface area contributed by atoms with Gasteiger partial charge in [0, 0.05) is 14.9 Å². The fraction of sp³-hybridized carbons (Fsp3) is 0. The highest BCUT2D eigenvalue weighted by atomic mass is 35.5. The molecule has 0 fully saturated rings. The Labute approximate surface area is 123 Å². The molecule has 3 aromatic rings. The van der Waals surface area contributed by atoms with Crippen LogP contribution in [0.5, 0.6) is 0 Å². The van der Waals surface area contributed by atoms with Crippen LogP contribution >= 0.6 is 35.0 Å². The van der Waals surface area contributed by atoms with Gasteiger partial charge in [-0.1, -0.05) is 35.0 Å². The van der Waals surface area contributed by atoms with Crippen molar-refractivity contribution in [2.24, 2.45) is 0 Å². The van der Waals surface area contributed by atoms with Crippen molar-refractivity contribution in [3.8, 4) is 0 Å². The van der Waals surface area contributed by atoms with E-state index in [0.29, 0.717) is 21.4 Å². The summed E-state index contributed by atoms with van der Waals surface area (Å²) >= 11 is 13.4. The van der Waals surface area contributed by atoms with Gasteiger partial charge in [-0.25, -0.2) is 4.98 Å². The van der Waals surface area contributed by atoms with Crippen LogP contribution in [0.25, 0.3) is 11.0 Å². The Morgan fingerprint density at radius 3 is 2.58 bits per heavy atom. The van der Waals surface area contributed by atoms with Crippen molar-refractivity contribution >= 4 is 51.8 Å². The molecule has 7 heteroatoms. The second-order valence-electron chi connectivity index (χ2n) is 3.86. The van der Waals surface area contributed by atoms with Gasteiger partial charge in [0.25, 0.3) is 0 Å². The Bertz CT molecular complexity index is 736. The van der Waals surface area contributed by atoms with Crippen molar-refractivity contribution in [2.45, 2.75) is 9.92 Å². The van der Waals surface area contributed by atoms with Crippen molar-refractivity contribution in [3.63, 3.8) is 0 Å². The van der Waals surface area contributed by atoms with Crippen molar-refractivity contribution in [1.82, 2.24) is 15.2 Å². The quantitative estimate of drug-likeness (QED) is 0.750. The fourth-order valence-electron chi connectivity index (χ4n) is 1.67. The highest BCUT2D eigenvalue weighted by Gasteiger charge is 2.07. The number of benzene rings is 1. The lowest BCUT2D eigenvalue weighted by molar-refractivity contribution is 1.13. The van der Waals surface area contributed by atoms with Gasteiger partial charge in [-0.2, -0.15) is 5.10 Å². The number of H-pyrrole nitrogens is 1. The number of pyridine rings is 1. The predicted molar refractivity (Wildman–Crippen MR) is 78.9 cm³/mol. The Morgan fingerprint density at radius 1 is 1.11 bits per heavy atom. The molecule has 96 valence electrons. The van der Waals surface area contributed by atoms with Gasteiger partial charge in [0.1, 0.15) is 10.5 Å². The first-order valence-electron chi connectivity index (χ1n) is 5.36. The fourth-order valence-corrected chi connectivity index (χ4v) is 3.21. The summed E-state index contributed by atoms with van der Waals surface area (Å²) in [6.45, 7) is 0. The average molecular weight is 311 g/mol. The minimum atomic E-state index is 0.390. The van der Waals surface area contributed by atoms with E-state index >= 15 is 0 Å². The second kappa shape index (κ2) is 4.92. The SMILES string of the molecule is Nc1n[nH]c2ccc(Sc3cc(Cl)cc(Cl)c3)nc12. The van der Waals surface area contributed by atoms with Crippen LogP contribution in [0, 0.1) is 0 Å². The maximum atomic E-state index is 5.97. The number of nitrogen functional groups attached to an aromatic ring is 1. The standard InChI is InChI=1S/C12H8Cl2N4S/c13-6-3-7(14)5-8(4-6)19-10-2-1-9-11(16-10)12(15)18-17-9/h1-5H,(H3,15,17,18). The molecular formula is C12H8Cl2N4S. The molecule has 3 N–H and O–H groups in total. The lowest BCUT2D eigenvalue weighted by atomic mass is 10.4. The van der Waals surface area contributed by atoms with E-state index in [2.05, 4.69) is 15.2 Å². The van der Waals surface area contributed by atoms with E-state index in [4.69, 9.17) is 28.9 Å². The molecule has 0 aliphatic carbocycles. The minimum Gasteiger partial charge on any atom is -0.380 e. The molecule has 0 radical (unpaired) electrons. The van der Waals surface area contributed by atoms with Crippen molar-refractivity contribution in [3.05, 3.63) is 40.4 Å². The highest BCUT2D eigenvalue weighted by Crippen LogP contribution is 2.32. The van der Waals surface area contributed by atoms with Crippen molar-refractivity contribution in [1.29, 1.82) is 0 Å². The summed E-state index contributed by atoms with van der Waals surface area (Å²) < 4.78 is 0. The first kappa shape index (κ1) is 12.6. The van der Waals surface area contributed by atoms with E-state index in [9.17, 15) is 0 Å². The lowest BCUT2D eigenvalue weighted by Gasteiger charge is -2.03. The number of halogens is 2. The molecule has 0 spiro atoms. The van der Waals surface area contributed by atoms with Crippen LogP contribution < -0.4 is 5.73 Å². The number of nitrogens with zero attached hydrogens (tertiary/aromatic N) is 2. The van der Waals surface area contributed by atoms with E-state index in [-0.39, 0.29) is 0 Å². The molecule has 0 unspecified atom stereocenters. The number of hydrogen-bond acceptors (Lipinski definition) is 4. The average Bonchev–Trinajstić information content (AvgIpc) is 2.70. The number of rotatable bonds is 2. The van der Waals surface area contributed by atoms with Gasteiger partial charge < -0.3 is 5.73 Å². The number of hydrogen-bond donors (Lipinski definition) is 2. The number of fused-ring (bicyclic) bond motifs is 1. The third kappa shape index (κ3) is 2.63. The zero-order valence-electron chi connectivity index (χ0n) is 9.52. The van der Waals surface area contributed by atoms with Gasteiger partial charge in [-0.3, -0.25) is 5.10 Å². The lowest BCUT2D eigenvalue weighted by Crippen LogP contribution is -1.87.